The van der Waals surface area contributed by atoms with Gasteiger partial charge in [0.15, 0.2) is 0 Å². The number of H-pyrrole nitrogens is 1. The normalized spacial score (nSPS) is 25.0. The summed E-state index contributed by atoms with van der Waals surface area (Å²) >= 11 is 0. The van der Waals surface area contributed by atoms with Gasteiger partial charge < -0.3 is 29.4 Å². The molecule has 0 bridgehead atoms. The van der Waals surface area contributed by atoms with E-state index in [0.717, 1.165) is 28.1 Å². The highest BCUT2D eigenvalue weighted by Gasteiger charge is 2.33. The molecule has 0 radical (unpaired) electrons. The van der Waals surface area contributed by atoms with Crippen LogP contribution < -0.4 is 14.8 Å². The number of fused-ring (bicyclic) bond motifs is 2. The zero-order valence-corrected chi connectivity index (χ0v) is 18.7. The van der Waals surface area contributed by atoms with Crippen molar-refractivity contribution in [2.75, 3.05) is 31.6 Å². The Morgan fingerprint density at radius 2 is 1.97 bits per heavy atom. The van der Waals surface area contributed by atoms with Crippen molar-refractivity contribution in [1.82, 2.24) is 9.88 Å². The molecule has 32 heavy (non-hydrogen) atoms. The number of aromatic nitrogens is 1. The molecule has 1 amide bonds. The van der Waals surface area contributed by atoms with Gasteiger partial charge in [0, 0.05) is 35.8 Å². The van der Waals surface area contributed by atoms with Crippen LogP contribution in [-0.4, -0.2) is 59.8 Å². The summed E-state index contributed by atoms with van der Waals surface area (Å²) in [5.74, 6) is 1.57. The molecule has 2 N–H and O–H groups in total. The molecule has 1 saturated heterocycles. The zero-order chi connectivity index (χ0) is 22.3. The van der Waals surface area contributed by atoms with Crippen LogP contribution in [0.15, 0.2) is 48.7 Å². The first-order valence-electron chi connectivity index (χ1n) is 11.1. The van der Waals surface area contributed by atoms with Crippen LogP contribution in [0.4, 0.5) is 5.69 Å². The van der Waals surface area contributed by atoms with Gasteiger partial charge in [-0.15, -0.1) is 0 Å². The van der Waals surface area contributed by atoms with Crippen LogP contribution in [0.2, 0.25) is 0 Å². The molecule has 1 aromatic heterocycles. The zero-order valence-electron chi connectivity index (χ0n) is 18.7. The lowest BCUT2D eigenvalue weighted by Gasteiger charge is -2.37. The summed E-state index contributed by atoms with van der Waals surface area (Å²) in [7, 11) is 0. The third-order valence-corrected chi connectivity index (χ3v) is 6.00. The lowest BCUT2D eigenvalue weighted by Crippen LogP contribution is -2.49. The van der Waals surface area contributed by atoms with Gasteiger partial charge >= 0.3 is 0 Å². The molecule has 168 valence electrons. The Morgan fingerprint density at radius 1 is 1.16 bits per heavy atom. The van der Waals surface area contributed by atoms with E-state index in [1.807, 2.05) is 67.4 Å². The number of morpholine rings is 1. The molecule has 1 unspecified atom stereocenters. The number of nitrogens with zero attached hydrogens (tertiary/aromatic N) is 1. The van der Waals surface area contributed by atoms with Gasteiger partial charge in [0.05, 0.1) is 17.9 Å². The van der Waals surface area contributed by atoms with Crippen LogP contribution in [-0.2, 0) is 4.74 Å². The molecule has 7 heteroatoms. The second-order valence-corrected chi connectivity index (χ2v) is 9.17. The molecule has 5 rings (SSSR count). The van der Waals surface area contributed by atoms with E-state index in [1.54, 1.807) is 0 Å². The molecule has 0 spiro atoms. The largest absolute Gasteiger partial charge is 0.491 e. The topological polar surface area (TPSA) is 75.8 Å². The van der Waals surface area contributed by atoms with Gasteiger partial charge in [-0.05, 0) is 63.2 Å². The van der Waals surface area contributed by atoms with Crippen LogP contribution in [0.3, 0.4) is 0 Å². The minimum Gasteiger partial charge on any atom is -0.491 e. The third-order valence-electron chi connectivity index (χ3n) is 6.00. The van der Waals surface area contributed by atoms with Gasteiger partial charge in [0.2, 0.25) is 0 Å². The minimum absolute atomic E-state index is 0.0138. The summed E-state index contributed by atoms with van der Waals surface area (Å²) < 4.78 is 17.9. The van der Waals surface area contributed by atoms with Crippen molar-refractivity contribution in [3.8, 4) is 11.5 Å². The minimum atomic E-state index is -0.427. The highest BCUT2D eigenvalue weighted by atomic mass is 16.5. The fraction of sp³-hybridized carbons (Fsp3) is 0.400. The lowest BCUT2D eigenvalue weighted by atomic mass is 10.0. The molecular formula is C25H29N3O4. The summed E-state index contributed by atoms with van der Waals surface area (Å²) in [4.78, 5) is 18.2. The maximum Gasteiger partial charge on any atom is 0.254 e. The van der Waals surface area contributed by atoms with Crippen molar-refractivity contribution in [2.45, 2.75) is 38.5 Å². The monoisotopic (exact) mass is 435 g/mol. The number of ether oxygens (including phenoxy) is 3. The number of hydrogen-bond donors (Lipinski definition) is 2. The van der Waals surface area contributed by atoms with E-state index in [0.29, 0.717) is 31.9 Å². The first-order chi connectivity index (χ1) is 15.4. The Bertz CT molecular complexity index is 1130. The molecule has 3 aromatic rings. The Balaban J connectivity index is 1.29. The van der Waals surface area contributed by atoms with Crippen LogP contribution >= 0.6 is 0 Å². The quantitative estimate of drug-likeness (QED) is 0.646. The highest BCUT2D eigenvalue weighted by molar-refractivity contribution is 5.96. The molecule has 1 fully saturated rings. The summed E-state index contributed by atoms with van der Waals surface area (Å²) in [6.45, 7) is 8.15. The van der Waals surface area contributed by atoms with E-state index in [-0.39, 0.29) is 18.1 Å². The number of nitrogens with one attached hydrogen (secondary N) is 2. The number of amides is 1. The van der Waals surface area contributed by atoms with Crippen LogP contribution in [0.25, 0.3) is 10.9 Å². The van der Waals surface area contributed by atoms with E-state index in [4.69, 9.17) is 14.2 Å². The SMILES string of the molecule is C[C@@H]1CN(C(=O)c2ccc3c(c2)NC(C)(COc2ccc4[nH]ccc4c2)CO3)C[C@H](C)O1. The van der Waals surface area contributed by atoms with Gasteiger partial charge in [-0.25, -0.2) is 0 Å². The Hall–Kier alpha value is -3.19. The number of hydrogen-bond acceptors (Lipinski definition) is 5. The van der Waals surface area contributed by atoms with Crippen molar-refractivity contribution in [1.29, 1.82) is 0 Å². The third kappa shape index (κ3) is 4.12. The molecule has 2 aliphatic rings. The van der Waals surface area contributed by atoms with Gasteiger partial charge in [-0.2, -0.15) is 0 Å². The maximum atomic E-state index is 13.1. The van der Waals surface area contributed by atoms with Crippen molar-refractivity contribution in [3.63, 3.8) is 0 Å². The number of rotatable bonds is 4. The molecule has 2 aliphatic heterocycles. The average Bonchev–Trinajstić information content (AvgIpc) is 3.24. The second kappa shape index (κ2) is 8.06. The average molecular weight is 436 g/mol. The van der Waals surface area contributed by atoms with E-state index >= 15 is 0 Å². The first kappa shape index (κ1) is 20.7. The van der Waals surface area contributed by atoms with Gasteiger partial charge in [0.25, 0.3) is 5.91 Å². The number of aromatic amines is 1. The van der Waals surface area contributed by atoms with Crippen molar-refractivity contribution >= 4 is 22.5 Å². The van der Waals surface area contributed by atoms with E-state index in [9.17, 15) is 4.79 Å². The lowest BCUT2D eigenvalue weighted by molar-refractivity contribution is -0.0586. The molecule has 7 nitrogen and oxygen atoms in total. The standard InChI is InChI=1S/C25H29N3O4/c1-16-12-28(13-17(2)32-16)24(29)19-4-7-23-22(11-19)27-25(3,15-31-23)14-30-20-5-6-21-18(10-20)8-9-26-21/h4-11,16-17,26-27H,12-15H2,1-3H3/t16-,17+,25?. The van der Waals surface area contributed by atoms with Crippen LogP contribution in [0.5, 0.6) is 11.5 Å². The fourth-order valence-corrected chi connectivity index (χ4v) is 4.45. The fourth-order valence-electron chi connectivity index (χ4n) is 4.45. The van der Waals surface area contributed by atoms with Crippen LogP contribution in [0.1, 0.15) is 31.1 Å². The van der Waals surface area contributed by atoms with E-state index in [2.05, 4.69) is 17.2 Å². The highest BCUT2D eigenvalue weighted by Crippen LogP contribution is 2.34. The Morgan fingerprint density at radius 3 is 2.78 bits per heavy atom. The molecule has 3 atom stereocenters. The number of benzene rings is 2. The van der Waals surface area contributed by atoms with Gasteiger partial charge in [-0.3, -0.25) is 4.79 Å². The molecule has 0 saturated carbocycles. The Labute approximate surface area is 187 Å². The van der Waals surface area contributed by atoms with Crippen molar-refractivity contribution in [2.24, 2.45) is 0 Å². The summed E-state index contributed by atoms with van der Waals surface area (Å²) in [5, 5.41) is 4.65. The van der Waals surface area contributed by atoms with Gasteiger partial charge in [-0.1, -0.05) is 0 Å². The molecule has 2 aromatic carbocycles. The second-order valence-electron chi connectivity index (χ2n) is 9.17. The number of anilines is 1. The maximum absolute atomic E-state index is 13.1. The molecular weight excluding hydrogens is 406 g/mol. The summed E-state index contributed by atoms with van der Waals surface area (Å²) in [6.07, 6.45) is 1.99. The van der Waals surface area contributed by atoms with E-state index < -0.39 is 5.54 Å². The smallest absolute Gasteiger partial charge is 0.254 e. The van der Waals surface area contributed by atoms with Crippen LogP contribution in [0, 0.1) is 0 Å². The Kier molecular flexibility index (Phi) is 5.21. The summed E-state index contributed by atoms with van der Waals surface area (Å²) in [5.41, 5.74) is 2.11. The predicted molar refractivity (Wildman–Crippen MR) is 124 cm³/mol. The van der Waals surface area contributed by atoms with Gasteiger partial charge in [0.1, 0.15) is 30.3 Å². The van der Waals surface area contributed by atoms with E-state index in [1.165, 1.54) is 0 Å². The molecule has 0 aliphatic carbocycles. The predicted octanol–water partition coefficient (Wildman–Crippen LogP) is 4.06. The summed E-state index contributed by atoms with van der Waals surface area (Å²) in [6, 6.07) is 13.6. The number of carbonyl (C=O) groups excluding carboxylic acids is 1. The number of carbonyl (C=O) groups is 1. The molecule has 3 heterocycles. The van der Waals surface area contributed by atoms with Crippen molar-refractivity contribution in [3.05, 3.63) is 54.2 Å². The first-order valence-corrected chi connectivity index (χ1v) is 11.1. The van der Waals surface area contributed by atoms with Crippen molar-refractivity contribution < 1.29 is 19.0 Å².